The van der Waals surface area contributed by atoms with Crippen molar-refractivity contribution in [3.05, 3.63) is 21.7 Å². The Morgan fingerprint density at radius 3 is 2.81 bits per heavy atom. The van der Waals surface area contributed by atoms with Crippen molar-refractivity contribution in [1.29, 1.82) is 0 Å². The van der Waals surface area contributed by atoms with Gasteiger partial charge in [-0.15, -0.1) is 0 Å². The minimum absolute atomic E-state index is 0.188. The average molecular weight is 284 g/mol. The molecule has 1 saturated carbocycles. The van der Waals surface area contributed by atoms with E-state index in [1.54, 1.807) is 0 Å². The van der Waals surface area contributed by atoms with Gasteiger partial charge in [0.1, 0.15) is 0 Å². The van der Waals surface area contributed by atoms with Crippen LogP contribution >= 0.6 is 15.9 Å². The zero-order chi connectivity index (χ0) is 11.3. The van der Waals surface area contributed by atoms with Crippen LogP contribution in [0, 0.1) is 6.92 Å². The molecule has 0 amide bonds. The van der Waals surface area contributed by atoms with Crippen LogP contribution in [-0.2, 0) is 5.41 Å². The summed E-state index contributed by atoms with van der Waals surface area (Å²) in [6, 6.07) is 2.10. The lowest BCUT2D eigenvalue weighted by atomic mass is 9.91. The van der Waals surface area contributed by atoms with E-state index in [2.05, 4.69) is 28.9 Å². The summed E-state index contributed by atoms with van der Waals surface area (Å²) >= 11 is 3.59. The van der Waals surface area contributed by atoms with Crippen LogP contribution < -0.4 is 15.2 Å². The molecule has 1 aromatic rings. The first-order valence-corrected chi connectivity index (χ1v) is 6.26. The summed E-state index contributed by atoms with van der Waals surface area (Å²) in [5.41, 5.74) is 8.61. The molecule has 1 aliphatic carbocycles. The number of benzene rings is 1. The van der Waals surface area contributed by atoms with Crippen LogP contribution in [0.2, 0.25) is 0 Å². The van der Waals surface area contributed by atoms with E-state index in [-0.39, 0.29) is 5.41 Å². The van der Waals surface area contributed by atoms with Crippen LogP contribution in [0.15, 0.2) is 10.5 Å². The number of hydrogen-bond donors (Lipinski definition) is 1. The largest absolute Gasteiger partial charge is 0.454 e. The SMILES string of the molecule is Cc1c(C2(CN)CC2)cc2c(c1Br)OCO2. The molecule has 1 aliphatic heterocycles. The topological polar surface area (TPSA) is 44.5 Å². The maximum Gasteiger partial charge on any atom is 0.231 e. The van der Waals surface area contributed by atoms with Crippen molar-refractivity contribution in [3.8, 4) is 11.5 Å². The van der Waals surface area contributed by atoms with Crippen molar-refractivity contribution in [2.45, 2.75) is 25.2 Å². The Kier molecular flexibility index (Phi) is 2.20. The summed E-state index contributed by atoms with van der Waals surface area (Å²) < 4.78 is 11.9. The Morgan fingerprint density at radius 1 is 1.44 bits per heavy atom. The zero-order valence-electron chi connectivity index (χ0n) is 9.18. The smallest absolute Gasteiger partial charge is 0.231 e. The Morgan fingerprint density at radius 2 is 2.19 bits per heavy atom. The molecule has 0 spiro atoms. The minimum Gasteiger partial charge on any atom is -0.454 e. The summed E-state index contributed by atoms with van der Waals surface area (Å²) in [5.74, 6) is 1.67. The van der Waals surface area contributed by atoms with Gasteiger partial charge in [-0.3, -0.25) is 0 Å². The van der Waals surface area contributed by atoms with E-state index in [4.69, 9.17) is 15.2 Å². The third-order valence-electron chi connectivity index (χ3n) is 3.67. The lowest BCUT2D eigenvalue weighted by Crippen LogP contribution is -2.20. The predicted molar refractivity (Wildman–Crippen MR) is 65.0 cm³/mol. The lowest BCUT2D eigenvalue weighted by Gasteiger charge is -2.18. The summed E-state index contributed by atoms with van der Waals surface area (Å²) in [4.78, 5) is 0. The first-order chi connectivity index (χ1) is 7.68. The Balaban J connectivity index is 2.17. The quantitative estimate of drug-likeness (QED) is 0.907. The fraction of sp³-hybridized carbons (Fsp3) is 0.500. The van der Waals surface area contributed by atoms with Gasteiger partial charge in [-0.2, -0.15) is 0 Å². The summed E-state index contributed by atoms with van der Waals surface area (Å²) in [6.45, 7) is 3.13. The number of hydrogen-bond acceptors (Lipinski definition) is 3. The molecule has 0 atom stereocenters. The molecule has 16 heavy (non-hydrogen) atoms. The molecule has 0 unspecified atom stereocenters. The molecule has 0 radical (unpaired) electrons. The zero-order valence-corrected chi connectivity index (χ0v) is 10.8. The van der Waals surface area contributed by atoms with Crippen LogP contribution in [-0.4, -0.2) is 13.3 Å². The maximum atomic E-state index is 5.88. The van der Waals surface area contributed by atoms with Gasteiger partial charge in [0.25, 0.3) is 0 Å². The molecule has 0 aromatic heterocycles. The number of halogens is 1. The number of rotatable bonds is 2. The molecule has 0 saturated heterocycles. The second-order valence-electron chi connectivity index (χ2n) is 4.58. The normalized spacial score (nSPS) is 19.9. The van der Waals surface area contributed by atoms with E-state index in [1.807, 2.05) is 0 Å². The molecule has 1 aromatic carbocycles. The van der Waals surface area contributed by atoms with Crippen molar-refractivity contribution < 1.29 is 9.47 Å². The first-order valence-electron chi connectivity index (χ1n) is 5.47. The van der Waals surface area contributed by atoms with Gasteiger partial charge < -0.3 is 15.2 Å². The average Bonchev–Trinajstić information content (AvgIpc) is 2.95. The fourth-order valence-corrected chi connectivity index (χ4v) is 2.90. The van der Waals surface area contributed by atoms with E-state index < -0.39 is 0 Å². The minimum atomic E-state index is 0.188. The van der Waals surface area contributed by atoms with Gasteiger partial charge in [0.15, 0.2) is 11.5 Å². The van der Waals surface area contributed by atoms with Crippen molar-refractivity contribution in [3.63, 3.8) is 0 Å². The summed E-state index contributed by atoms with van der Waals surface area (Å²) in [6.07, 6.45) is 2.35. The number of fused-ring (bicyclic) bond motifs is 1. The Bertz CT molecular complexity index is 455. The summed E-state index contributed by atoms with van der Waals surface area (Å²) in [7, 11) is 0. The van der Waals surface area contributed by atoms with Crippen molar-refractivity contribution in [1.82, 2.24) is 0 Å². The third kappa shape index (κ3) is 1.29. The molecule has 1 fully saturated rings. The van der Waals surface area contributed by atoms with Crippen LogP contribution in [0.1, 0.15) is 24.0 Å². The van der Waals surface area contributed by atoms with E-state index in [0.717, 1.165) is 16.0 Å². The van der Waals surface area contributed by atoms with Gasteiger partial charge in [-0.1, -0.05) is 0 Å². The molecule has 86 valence electrons. The van der Waals surface area contributed by atoms with Gasteiger partial charge in [0, 0.05) is 12.0 Å². The van der Waals surface area contributed by atoms with E-state index in [9.17, 15) is 0 Å². The van der Waals surface area contributed by atoms with Gasteiger partial charge in [-0.25, -0.2) is 0 Å². The van der Waals surface area contributed by atoms with Gasteiger partial charge in [0.2, 0.25) is 6.79 Å². The molecular weight excluding hydrogens is 270 g/mol. The maximum absolute atomic E-state index is 5.88. The summed E-state index contributed by atoms with van der Waals surface area (Å²) in [5, 5.41) is 0. The van der Waals surface area contributed by atoms with Crippen molar-refractivity contribution >= 4 is 15.9 Å². The van der Waals surface area contributed by atoms with Crippen LogP contribution in [0.5, 0.6) is 11.5 Å². The standard InChI is InChI=1S/C12H14BrNO2/c1-7-8(12(5-14)2-3-12)4-9-11(10(7)13)16-6-15-9/h4H,2-3,5-6,14H2,1H3. The van der Waals surface area contributed by atoms with E-state index in [0.29, 0.717) is 13.3 Å². The van der Waals surface area contributed by atoms with Crippen molar-refractivity contribution in [2.75, 3.05) is 13.3 Å². The van der Waals surface area contributed by atoms with Gasteiger partial charge in [-0.05, 0) is 52.9 Å². The number of nitrogens with two attached hydrogens (primary N) is 1. The number of ether oxygens (including phenoxy) is 2. The van der Waals surface area contributed by atoms with Crippen LogP contribution in [0.4, 0.5) is 0 Å². The molecule has 3 rings (SSSR count). The van der Waals surface area contributed by atoms with Crippen LogP contribution in [0.25, 0.3) is 0 Å². The molecule has 2 aliphatic rings. The van der Waals surface area contributed by atoms with E-state index >= 15 is 0 Å². The highest BCUT2D eigenvalue weighted by atomic mass is 79.9. The molecule has 2 N–H and O–H groups in total. The highest BCUT2D eigenvalue weighted by Gasteiger charge is 2.45. The Labute approximate surface area is 103 Å². The lowest BCUT2D eigenvalue weighted by molar-refractivity contribution is 0.173. The van der Waals surface area contributed by atoms with Crippen molar-refractivity contribution in [2.24, 2.45) is 5.73 Å². The van der Waals surface area contributed by atoms with E-state index in [1.165, 1.54) is 24.0 Å². The predicted octanol–water partition coefficient (Wildman–Crippen LogP) is 2.48. The Hall–Kier alpha value is -0.740. The molecular formula is C12H14BrNO2. The highest BCUT2D eigenvalue weighted by Crippen LogP contribution is 2.53. The first kappa shape index (κ1) is 10.4. The highest BCUT2D eigenvalue weighted by molar-refractivity contribution is 9.10. The molecule has 1 heterocycles. The monoisotopic (exact) mass is 283 g/mol. The molecule has 4 heteroatoms. The molecule has 0 bridgehead atoms. The van der Waals surface area contributed by atoms with Gasteiger partial charge >= 0.3 is 0 Å². The van der Waals surface area contributed by atoms with Crippen LogP contribution in [0.3, 0.4) is 0 Å². The second-order valence-corrected chi connectivity index (χ2v) is 5.37. The fourth-order valence-electron chi connectivity index (χ4n) is 2.38. The molecule has 3 nitrogen and oxygen atoms in total. The second kappa shape index (κ2) is 3.37. The third-order valence-corrected chi connectivity index (χ3v) is 4.62. The van der Waals surface area contributed by atoms with Gasteiger partial charge in [0.05, 0.1) is 4.47 Å².